The maximum Gasteiger partial charge on any atom is 0.252 e. The summed E-state index contributed by atoms with van der Waals surface area (Å²) >= 11 is 3.49. The zero-order chi connectivity index (χ0) is 16.6. The number of hydrogen-bond acceptors (Lipinski definition) is 4. The molecule has 1 atom stereocenters. The number of benzene rings is 1. The van der Waals surface area contributed by atoms with E-state index in [0.29, 0.717) is 5.92 Å². The Hall–Kier alpha value is -1.01. The molecule has 136 valence electrons. The molecule has 1 aromatic carbocycles. The fraction of sp³-hybridized carbons (Fsp3) is 0.421. The quantitative estimate of drug-likeness (QED) is 0.673. The molecule has 1 fully saturated rings. The minimum Gasteiger partial charge on any atom is -0.352 e. The molecule has 0 bridgehead atoms. The predicted molar refractivity (Wildman–Crippen MR) is 110 cm³/mol. The number of halogens is 1. The summed E-state index contributed by atoms with van der Waals surface area (Å²) in [5.41, 5.74) is 0.792. The van der Waals surface area contributed by atoms with Crippen molar-refractivity contribution in [3.05, 3.63) is 52.2 Å². The SMILES string of the molecule is Cl.O=C(NCCC1CCCNC1)c1ccccc1SCc1cccs1. The molecule has 0 saturated carbocycles. The van der Waals surface area contributed by atoms with Crippen LogP contribution in [-0.4, -0.2) is 25.5 Å². The van der Waals surface area contributed by atoms with E-state index in [9.17, 15) is 4.79 Å². The van der Waals surface area contributed by atoms with Crippen molar-refractivity contribution in [1.82, 2.24) is 10.6 Å². The maximum absolute atomic E-state index is 12.5. The molecule has 3 nitrogen and oxygen atoms in total. The summed E-state index contributed by atoms with van der Waals surface area (Å²) < 4.78 is 0. The first kappa shape index (κ1) is 20.3. The number of piperidine rings is 1. The van der Waals surface area contributed by atoms with Gasteiger partial charge in [-0.2, -0.15) is 0 Å². The Kier molecular flexibility index (Phi) is 8.82. The van der Waals surface area contributed by atoms with Gasteiger partial charge in [-0.25, -0.2) is 0 Å². The summed E-state index contributed by atoms with van der Waals surface area (Å²) in [5, 5.41) is 8.62. The van der Waals surface area contributed by atoms with E-state index in [1.165, 1.54) is 17.7 Å². The van der Waals surface area contributed by atoms with Crippen LogP contribution in [0.2, 0.25) is 0 Å². The number of thioether (sulfide) groups is 1. The average Bonchev–Trinajstić information content (AvgIpc) is 3.14. The largest absolute Gasteiger partial charge is 0.352 e. The Morgan fingerprint density at radius 1 is 1.28 bits per heavy atom. The fourth-order valence-corrected chi connectivity index (χ4v) is 4.80. The van der Waals surface area contributed by atoms with Crippen molar-refractivity contribution < 1.29 is 4.79 Å². The second kappa shape index (κ2) is 10.9. The summed E-state index contributed by atoms with van der Waals surface area (Å²) in [6, 6.07) is 12.1. The second-order valence-electron chi connectivity index (χ2n) is 6.12. The first-order valence-electron chi connectivity index (χ1n) is 8.56. The Labute approximate surface area is 164 Å². The number of carbonyl (C=O) groups is 1. The highest BCUT2D eigenvalue weighted by molar-refractivity contribution is 7.98. The molecular formula is C19H25ClN2OS2. The van der Waals surface area contributed by atoms with Crippen LogP contribution < -0.4 is 10.6 Å². The fourth-order valence-electron chi connectivity index (χ4n) is 2.98. The minimum absolute atomic E-state index is 0. The zero-order valence-electron chi connectivity index (χ0n) is 14.2. The lowest BCUT2D eigenvalue weighted by Gasteiger charge is -2.22. The smallest absolute Gasteiger partial charge is 0.252 e. The molecule has 6 heteroatoms. The van der Waals surface area contributed by atoms with Crippen molar-refractivity contribution in [2.24, 2.45) is 5.92 Å². The molecule has 1 aliphatic heterocycles. The van der Waals surface area contributed by atoms with Gasteiger partial charge < -0.3 is 10.6 Å². The van der Waals surface area contributed by atoms with E-state index in [-0.39, 0.29) is 18.3 Å². The third kappa shape index (κ3) is 6.33. The van der Waals surface area contributed by atoms with Gasteiger partial charge in [0.05, 0.1) is 5.56 Å². The second-order valence-corrected chi connectivity index (χ2v) is 8.17. The molecule has 25 heavy (non-hydrogen) atoms. The van der Waals surface area contributed by atoms with Gasteiger partial charge in [0.25, 0.3) is 5.91 Å². The number of nitrogens with one attached hydrogen (secondary N) is 2. The normalized spacial score (nSPS) is 16.9. The van der Waals surface area contributed by atoms with E-state index in [0.717, 1.165) is 42.3 Å². The van der Waals surface area contributed by atoms with E-state index in [2.05, 4.69) is 28.1 Å². The Morgan fingerprint density at radius 3 is 2.92 bits per heavy atom. The lowest BCUT2D eigenvalue weighted by molar-refractivity contribution is 0.0947. The summed E-state index contributed by atoms with van der Waals surface area (Å²) in [4.78, 5) is 14.9. The molecule has 2 heterocycles. The molecule has 0 radical (unpaired) electrons. The van der Waals surface area contributed by atoms with Crippen LogP contribution in [-0.2, 0) is 5.75 Å². The molecular weight excluding hydrogens is 372 g/mol. The summed E-state index contributed by atoms with van der Waals surface area (Å²) in [7, 11) is 0. The van der Waals surface area contributed by atoms with Crippen molar-refractivity contribution in [2.75, 3.05) is 19.6 Å². The maximum atomic E-state index is 12.5. The van der Waals surface area contributed by atoms with Crippen molar-refractivity contribution in [1.29, 1.82) is 0 Å². The van der Waals surface area contributed by atoms with E-state index >= 15 is 0 Å². The van der Waals surface area contributed by atoms with E-state index < -0.39 is 0 Å². The van der Waals surface area contributed by atoms with E-state index in [1.807, 2.05) is 24.3 Å². The average molecular weight is 397 g/mol. The van der Waals surface area contributed by atoms with Gasteiger partial charge in [-0.1, -0.05) is 18.2 Å². The van der Waals surface area contributed by atoms with E-state index in [1.54, 1.807) is 23.1 Å². The van der Waals surface area contributed by atoms with Crippen molar-refractivity contribution in [2.45, 2.75) is 29.9 Å². The molecule has 0 spiro atoms. The van der Waals surface area contributed by atoms with Gasteiger partial charge in [0.2, 0.25) is 0 Å². The highest BCUT2D eigenvalue weighted by Crippen LogP contribution is 2.28. The van der Waals surface area contributed by atoms with Crippen molar-refractivity contribution >= 4 is 41.4 Å². The van der Waals surface area contributed by atoms with Gasteiger partial charge >= 0.3 is 0 Å². The predicted octanol–water partition coefficient (Wildman–Crippen LogP) is 4.58. The number of rotatable bonds is 7. The van der Waals surface area contributed by atoms with E-state index in [4.69, 9.17) is 0 Å². The highest BCUT2D eigenvalue weighted by Gasteiger charge is 2.15. The van der Waals surface area contributed by atoms with Gasteiger partial charge in [0.15, 0.2) is 0 Å². The van der Waals surface area contributed by atoms with Crippen LogP contribution in [0.1, 0.15) is 34.5 Å². The molecule has 1 aromatic heterocycles. The monoisotopic (exact) mass is 396 g/mol. The van der Waals surface area contributed by atoms with Gasteiger partial charge in [-0.3, -0.25) is 4.79 Å². The number of carbonyl (C=O) groups excluding carboxylic acids is 1. The van der Waals surface area contributed by atoms with Crippen LogP contribution in [0.25, 0.3) is 0 Å². The summed E-state index contributed by atoms with van der Waals surface area (Å²) in [6.07, 6.45) is 3.58. The minimum atomic E-state index is 0. The standard InChI is InChI=1S/C19H24N2OS2.ClH/c22-19(21-11-9-15-5-3-10-20-13-15)17-7-1-2-8-18(17)24-14-16-6-4-12-23-16;/h1-2,4,6-8,12,15,20H,3,5,9-11,13-14H2,(H,21,22);1H. The summed E-state index contributed by atoms with van der Waals surface area (Å²) in [6.45, 7) is 2.98. The van der Waals surface area contributed by atoms with Crippen molar-refractivity contribution in [3.8, 4) is 0 Å². The molecule has 0 aliphatic carbocycles. The first-order valence-corrected chi connectivity index (χ1v) is 10.4. The molecule has 1 amide bonds. The van der Waals surface area contributed by atoms with Crippen molar-refractivity contribution in [3.63, 3.8) is 0 Å². The number of amides is 1. The zero-order valence-corrected chi connectivity index (χ0v) is 16.7. The van der Waals surface area contributed by atoms with Crippen LogP contribution in [0.5, 0.6) is 0 Å². The highest BCUT2D eigenvalue weighted by atomic mass is 35.5. The lowest BCUT2D eigenvalue weighted by atomic mass is 9.96. The lowest BCUT2D eigenvalue weighted by Crippen LogP contribution is -2.33. The first-order chi connectivity index (χ1) is 11.8. The topological polar surface area (TPSA) is 41.1 Å². The van der Waals surface area contributed by atoms with Crippen LogP contribution in [0.15, 0.2) is 46.7 Å². The third-order valence-corrected chi connectivity index (χ3v) is 6.50. The van der Waals surface area contributed by atoms with Crippen LogP contribution >= 0.6 is 35.5 Å². The van der Waals surface area contributed by atoms with Gasteiger partial charge in [0.1, 0.15) is 0 Å². The summed E-state index contributed by atoms with van der Waals surface area (Å²) in [5.74, 6) is 1.66. The Bertz CT molecular complexity index is 643. The Balaban J connectivity index is 0.00000225. The molecule has 1 unspecified atom stereocenters. The molecule has 1 saturated heterocycles. The van der Waals surface area contributed by atoms with Gasteiger partial charge in [-0.15, -0.1) is 35.5 Å². The van der Waals surface area contributed by atoms with Crippen LogP contribution in [0, 0.1) is 5.92 Å². The number of hydrogen-bond donors (Lipinski definition) is 2. The number of thiophene rings is 1. The Morgan fingerprint density at radius 2 is 2.16 bits per heavy atom. The third-order valence-electron chi connectivity index (χ3n) is 4.32. The molecule has 3 rings (SSSR count). The molecule has 2 aromatic rings. The molecule has 2 N–H and O–H groups in total. The van der Waals surface area contributed by atoms with Crippen LogP contribution in [0.4, 0.5) is 0 Å². The van der Waals surface area contributed by atoms with Gasteiger partial charge in [0, 0.05) is 22.1 Å². The molecule has 1 aliphatic rings. The van der Waals surface area contributed by atoms with Crippen LogP contribution in [0.3, 0.4) is 0 Å². The van der Waals surface area contributed by atoms with Gasteiger partial charge in [-0.05, 0) is 61.8 Å².